The Morgan fingerprint density at radius 3 is 2.58 bits per heavy atom. The Labute approximate surface area is 153 Å². The Balaban J connectivity index is 1.28. The summed E-state index contributed by atoms with van der Waals surface area (Å²) in [6.07, 6.45) is 6.55. The van der Waals surface area contributed by atoms with Crippen LogP contribution in [0.1, 0.15) is 43.6 Å². The summed E-state index contributed by atoms with van der Waals surface area (Å²) >= 11 is 0. The fraction of sp³-hybridized carbons (Fsp3) is 0.381. The van der Waals surface area contributed by atoms with E-state index in [2.05, 4.69) is 17.4 Å². The first-order chi connectivity index (χ1) is 12.8. The van der Waals surface area contributed by atoms with Gasteiger partial charge in [-0.3, -0.25) is 4.79 Å². The standard InChI is InChI=1S/C21H23NO4/c23-21(22-17-8-11-19-20(12-17)26-14-25-19)13-24-18-9-6-16(7-10-18)15-4-2-1-3-5-15/h6-12,15H,1-5,13-14H2,(H,22,23). The molecule has 0 spiro atoms. The highest BCUT2D eigenvalue weighted by atomic mass is 16.7. The third kappa shape index (κ3) is 3.93. The third-order valence-corrected chi connectivity index (χ3v) is 4.98. The van der Waals surface area contributed by atoms with Crippen molar-refractivity contribution in [3.8, 4) is 17.2 Å². The smallest absolute Gasteiger partial charge is 0.262 e. The molecule has 136 valence electrons. The van der Waals surface area contributed by atoms with Crippen LogP contribution in [0.4, 0.5) is 5.69 Å². The van der Waals surface area contributed by atoms with Crippen molar-refractivity contribution in [3.63, 3.8) is 0 Å². The molecule has 1 fully saturated rings. The molecule has 0 aromatic heterocycles. The largest absolute Gasteiger partial charge is 0.484 e. The summed E-state index contributed by atoms with van der Waals surface area (Å²) in [5, 5.41) is 2.81. The van der Waals surface area contributed by atoms with Crippen molar-refractivity contribution in [2.24, 2.45) is 0 Å². The summed E-state index contributed by atoms with van der Waals surface area (Å²) < 4.78 is 16.2. The molecule has 1 heterocycles. The fourth-order valence-corrected chi connectivity index (χ4v) is 3.59. The summed E-state index contributed by atoms with van der Waals surface area (Å²) in [5.74, 6) is 2.51. The highest BCUT2D eigenvalue weighted by Crippen LogP contribution is 2.34. The Kier molecular flexibility index (Phi) is 4.95. The molecule has 0 radical (unpaired) electrons. The number of fused-ring (bicyclic) bond motifs is 1. The molecule has 1 aliphatic carbocycles. The normalized spacial score (nSPS) is 16.3. The van der Waals surface area contributed by atoms with Crippen molar-refractivity contribution in [1.82, 2.24) is 0 Å². The highest BCUT2D eigenvalue weighted by Gasteiger charge is 2.16. The van der Waals surface area contributed by atoms with E-state index >= 15 is 0 Å². The van der Waals surface area contributed by atoms with E-state index in [0.717, 1.165) is 0 Å². The molecule has 4 rings (SSSR count). The van der Waals surface area contributed by atoms with Crippen LogP contribution in [0.2, 0.25) is 0 Å². The lowest BCUT2D eigenvalue weighted by molar-refractivity contribution is -0.118. The predicted octanol–water partition coefficient (Wildman–Crippen LogP) is 4.48. The maximum Gasteiger partial charge on any atom is 0.262 e. The fourth-order valence-electron chi connectivity index (χ4n) is 3.59. The van der Waals surface area contributed by atoms with Gasteiger partial charge in [0.05, 0.1) is 0 Å². The first kappa shape index (κ1) is 16.8. The van der Waals surface area contributed by atoms with Crippen molar-refractivity contribution in [1.29, 1.82) is 0 Å². The second kappa shape index (κ2) is 7.68. The van der Waals surface area contributed by atoms with Crippen LogP contribution in [0.15, 0.2) is 42.5 Å². The van der Waals surface area contributed by atoms with Crippen molar-refractivity contribution >= 4 is 11.6 Å². The Bertz CT molecular complexity index is 766. The second-order valence-electron chi connectivity index (χ2n) is 6.81. The van der Waals surface area contributed by atoms with Crippen LogP contribution in [-0.4, -0.2) is 19.3 Å². The molecule has 0 saturated heterocycles. The summed E-state index contributed by atoms with van der Waals surface area (Å²) in [4.78, 5) is 12.1. The van der Waals surface area contributed by atoms with Gasteiger partial charge in [0.25, 0.3) is 5.91 Å². The highest BCUT2D eigenvalue weighted by molar-refractivity contribution is 5.92. The maximum atomic E-state index is 12.1. The average Bonchev–Trinajstić information content (AvgIpc) is 3.15. The molecular weight excluding hydrogens is 330 g/mol. The first-order valence-electron chi connectivity index (χ1n) is 9.20. The molecule has 1 N–H and O–H groups in total. The second-order valence-corrected chi connectivity index (χ2v) is 6.81. The third-order valence-electron chi connectivity index (χ3n) is 4.98. The molecule has 2 aliphatic rings. The van der Waals surface area contributed by atoms with Gasteiger partial charge < -0.3 is 19.5 Å². The number of hydrogen-bond acceptors (Lipinski definition) is 4. The number of benzene rings is 2. The van der Waals surface area contributed by atoms with Gasteiger partial charge in [-0.25, -0.2) is 0 Å². The van der Waals surface area contributed by atoms with Gasteiger partial charge in [-0.1, -0.05) is 31.4 Å². The monoisotopic (exact) mass is 353 g/mol. The van der Waals surface area contributed by atoms with Gasteiger partial charge in [-0.05, 0) is 48.6 Å². The Morgan fingerprint density at radius 2 is 1.77 bits per heavy atom. The Morgan fingerprint density at radius 1 is 1.00 bits per heavy atom. The number of nitrogens with one attached hydrogen (secondary N) is 1. The molecule has 5 heteroatoms. The minimum absolute atomic E-state index is 0.0305. The van der Waals surface area contributed by atoms with E-state index in [0.29, 0.717) is 28.9 Å². The van der Waals surface area contributed by atoms with Crippen LogP contribution in [0.5, 0.6) is 17.2 Å². The molecular formula is C21H23NO4. The molecule has 26 heavy (non-hydrogen) atoms. The molecule has 1 aliphatic heterocycles. The zero-order valence-electron chi connectivity index (χ0n) is 14.7. The summed E-state index contributed by atoms with van der Waals surface area (Å²) in [6, 6.07) is 13.5. The van der Waals surface area contributed by atoms with E-state index < -0.39 is 0 Å². The first-order valence-corrected chi connectivity index (χ1v) is 9.20. The zero-order valence-corrected chi connectivity index (χ0v) is 14.7. The van der Waals surface area contributed by atoms with Crippen molar-refractivity contribution in [3.05, 3.63) is 48.0 Å². The summed E-state index contributed by atoms with van der Waals surface area (Å²) in [6.45, 7) is 0.184. The number of rotatable bonds is 5. The van der Waals surface area contributed by atoms with Gasteiger partial charge in [-0.2, -0.15) is 0 Å². The quantitative estimate of drug-likeness (QED) is 0.861. The van der Waals surface area contributed by atoms with Crippen molar-refractivity contribution < 1.29 is 19.0 Å². The molecule has 0 unspecified atom stereocenters. The van der Waals surface area contributed by atoms with E-state index in [4.69, 9.17) is 14.2 Å². The van der Waals surface area contributed by atoms with Gasteiger partial charge in [0.2, 0.25) is 6.79 Å². The minimum Gasteiger partial charge on any atom is -0.484 e. The van der Waals surface area contributed by atoms with Gasteiger partial charge in [0, 0.05) is 11.8 Å². The van der Waals surface area contributed by atoms with Crippen LogP contribution in [0.25, 0.3) is 0 Å². The number of carbonyl (C=O) groups is 1. The van der Waals surface area contributed by atoms with Crippen LogP contribution in [0, 0.1) is 0 Å². The van der Waals surface area contributed by atoms with E-state index in [1.54, 1.807) is 18.2 Å². The van der Waals surface area contributed by atoms with Gasteiger partial charge in [0.15, 0.2) is 18.1 Å². The number of anilines is 1. The lowest BCUT2D eigenvalue weighted by Crippen LogP contribution is -2.20. The zero-order chi connectivity index (χ0) is 17.8. The molecule has 0 bridgehead atoms. The van der Waals surface area contributed by atoms with Gasteiger partial charge >= 0.3 is 0 Å². The molecule has 2 aromatic carbocycles. The molecule has 2 aromatic rings. The maximum absolute atomic E-state index is 12.1. The average molecular weight is 353 g/mol. The summed E-state index contributed by atoms with van der Waals surface area (Å²) in [7, 11) is 0. The van der Waals surface area contributed by atoms with Crippen LogP contribution in [0.3, 0.4) is 0 Å². The lowest BCUT2D eigenvalue weighted by Gasteiger charge is -2.22. The summed E-state index contributed by atoms with van der Waals surface area (Å²) in [5.41, 5.74) is 2.04. The Hall–Kier alpha value is -2.69. The number of ether oxygens (including phenoxy) is 3. The molecule has 1 amide bonds. The topological polar surface area (TPSA) is 56.8 Å². The molecule has 1 saturated carbocycles. The minimum atomic E-state index is -0.208. The van der Waals surface area contributed by atoms with Crippen LogP contribution in [-0.2, 0) is 4.79 Å². The molecule has 5 nitrogen and oxygen atoms in total. The van der Waals surface area contributed by atoms with E-state index in [-0.39, 0.29) is 19.3 Å². The number of hydrogen-bond donors (Lipinski definition) is 1. The van der Waals surface area contributed by atoms with Gasteiger partial charge in [0.1, 0.15) is 5.75 Å². The number of amides is 1. The van der Waals surface area contributed by atoms with E-state index in [9.17, 15) is 4.79 Å². The predicted molar refractivity (Wildman–Crippen MR) is 99.0 cm³/mol. The van der Waals surface area contributed by atoms with Crippen LogP contribution < -0.4 is 19.5 Å². The van der Waals surface area contributed by atoms with Gasteiger partial charge in [-0.15, -0.1) is 0 Å². The van der Waals surface area contributed by atoms with Crippen molar-refractivity contribution in [2.45, 2.75) is 38.0 Å². The lowest BCUT2D eigenvalue weighted by atomic mass is 9.84. The van der Waals surface area contributed by atoms with Crippen molar-refractivity contribution in [2.75, 3.05) is 18.7 Å². The number of carbonyl (C=O) groups excluding carboxylic acids is 1. The molecule has 0 atom stereocenters. The van der Waals surface area contributed by atoms with E-state index in [1.165, 1.54) is 37.7 Å². The van der Waals surface area contributed by atoms with Crippen LogP contribution >= 0.6 is 0 Å². The van der Waals surface area contributed by atoms with E-state index in [1.807, 2.05) is 12.1 Å². The SMILES string of the molecule is O=C(COc1ccc(C2CCCCC2)cc1)Nc1ccc2c(c1)OCO2.